The molecule has 2 rings (SSSR count). The van der Waals surface area contributed by atoms with Gasteiger partial charge in [-0.2, -0.15) is 0 Å². The summed E-state index contributed by atoms with van der Waals surface area (Å²) in [7, 11) is 2.24. The van der Waals surface area contributed by atoms with Crippen LogP contribution in [0.1, 0.15) is 45.4 Å². The second kappa shape index (κ2) is 6.17. The first-order valence-electron chi connectivity index (χ1n) is 7.37. The van der Waals surface area contributed by atoms with Crippen LogP contribution < -0.4 is 11.1 Å². The molecular formula is C14H29N3. The molecule has 0 aromatic rings. The lowest BCUT2D eigenvalue weighted by Gasteiger charge is -2.40. The Labute approximate surface area is 106 Å². The molecule has 3 nitrogen and oxygen atoms in total. The van der Waals surface area contributed by atoms with Crippen LogP contribution in [0, 0.1) is 5.92 Å². The predicted octanol–water partition coefficient (Wildman–Crippen LogP) is 1.58. The van der Waals surface area contributed by atoms with Gasteiger partial charge in [0.2, 0.25) is 0 Å². The lowest BCUT2D eigenvalue weighted by Crippen LogP contribution is -2.52. The minimum absolute atomic E-state index is 0.689. The van der Waals surface area contributed by atoms with Crippen LogP contribution in [-0.2, 0) is 0 Å². The molecule has 1 saturated heterocycles. The summed E-state index contributed by atoms with van der Waals surface area (Å²) in [6.45, 7) is 4.44. The second-order valence-corrected chi connectivity index (χ2v) is 6.10. The Balaban J connectivity index is 1.83. The van der Waals surface area contributed by atoms with Gasteiger partial charge in [0.25, 0.3) is 0 Å². The van der Waals surface area contributed by atoms with E-state index in [1.54, 1.807) is 0 Å². The molecule has 100 valence electrons. The molecule has 1 aliphatic carbocycles. The zero-order valence-corrected chi connectivity index (χ0v) is 11.5. The van der Waals surface area contributed by atoms with E-state index < -0.39 is 0 Å². The van der Waals surface area contributed by atoms with Gasteiger partial charge in [0, 0.05) is 18.1 Å². The number of likely N-dealkylation sites (tertiary alicyclic amines) is 1. The van der Waals surface area contributed by atoms with E-state index in [0.717, 1.165) is 24.5 Å². The molecule has 3 N–H and O–H groups in total. The molecule has 1 saturated carbocycles. The lowest BCUT2D eigenvalue weighted by molar-refractivity contribution is 0.145. The highest BCUT2D eigenvalue weighted by Gasteiger charge is 2.29. The van der Waals surface area contributed by atoms with Gasteiger partial charge in [-0.3, -0.25) is 0 Å². The molecule has 0 aromatic carbocycles. The number of nitrogens with two attached hydrogens (primary N) is 1. The molecule has 1 aliphatic heterocycles. The molecule has 0 spiro atoms. The maximum atomic E-state index is 5.90. The largest absolute Gasteiger partial charge is 0.330 e. The highest BCUT2D eigenvalue weighted by molar-refractivity contribution is 4.88. The summed E-state index contributed by atoms with van der Waals surface area (Å²) in [6, 6.07) is 2.13. The molecule has 4 unspecified atom stereocenters. The summed E-state index contributed by atoms with van der Waals surface area (Å²) in [6.07, 6.45) is 8.03. The third kappa shape index (κ3) is 3.43. The second-order valence-electron chi connectivity index (χ2n) is 6.10. The topological polar surface area (TPSA) is 41.3 Å². The number of nitrogens with zero attached hydrogens (tertiary/aromatic N) is 1. The Hall–Kier alpha value is -0.120. The Bertz CT molecular complexity index is 232. The highest BCUT2D eigenvalue weighted by atomic mass is 15.1. The monoisotopic (exact) mass is 239 g/mol. The fourth-order valence-electron chi connectivity index (χ4n) is 3.45. The van der Waals surface area contributed by atoms with Gasteiger partial charge in [0.15, 0.2) is 0 Å². The quantitative estimate of drug-likeness (QED) is 0.785. The Kier molecular flexibility index (Phi) is 4.83. The zero-order valence-electron chi connectivity index (χ0n) is 11.5. The van der Waals surface area contributed by atoms with Gasteiger partial charge in [-0.1, -0.05) is 12.8 Å². The van der Waals surface area contributed by atoms with Gasteiger partial charge in [0.05, 0.1) is 0 Å². The smallest absolute Gasteiger partial charge is 0.0110 e. The Morgan fingerprint density at radius 1 is 1.24 bits per heavy atom. The number of hydrogen-bond donors (Lipinski definition) is 2. The van der Waals surface area contributed by atoms with E-state index in [9.17, 15) is 0 Å². The maximum absolute atomic E-state index is 5.90. The van der Waals surface area contributed by atoms with E-state index in [0.29, 0.717) is 6.04 Å². The number of rotatable bonds is 3. The third-order valence-corrected chi connectivity index (χ3v) is 4.87. The van der Waals surface area contributed by atoms with Crippen molar-refractivity contribution in [3.05, 3.63) is 0 Å². The van der Waals surface area contributed by atoms with Gasteiger partial charge >= 0.3 is 0 Å². The lowest BCUT2D eigenvalue weighted by atomic mass is 9.83. The van der Waals surface area contributed by atoms with Crippen molar-refractivity contribution >= 4 is 0 Å². The summed E-state index contributed by atoms with van der Waals surface area (Å²) in [5.74, 6) is 0.721. The predicted molar refractivity (Wildman–Crippen MR) is 73.1 cm³/mol. The van der Waals surface area contributed by atoms with Crippen LogP contribution in [-0.4, -0.2) is 43.2 Å². The van der Waals surface area contributed by atoms with Crippen molar-refractivity contribution in [3.63, 3.8) is 0 Å². The number of hydrogen-bond acceptors (Lipinski definition) is 3. The summed E-state index contributed by atoms with van der Waals surface area (Å²) in [4.78, 5) is 2.47. The van der Waals surface area contributed by atoms with Crippen molar-refractivity contribution in [1.29, 1.82) is 0 Å². The van der Waals surface area contributed by atoms with E-state index >= 15 is 0 Å². The normalized spacial score (nSPS) is 40.4. The average Bonchev–Trinajstić information content (AvgIpc) is 2.34. The van der Waals surface area contributed by atoms with Crippen molar-refractivity contribution < 1.29 is 0 Å². The van der Waals surface area contributed by atoms with Crippen molar-refractivity contribution in [2.45, 2.75) is 63.6 Å². The van der Waals surface area contributed by atoms with Crippen LogP contribution in [0.2, 0.25) is 0 Å². The summed E-state index contributed by atoms with van der Waals surface area (Å²) in [5.41, 5.74) is 5.90. The molecule has 0 bridgehead atoms. The number of piperidine rings is 1. The Morgan fingerprint density at radius 2 is 2.00 bits per heavy atom. The van der Waals surface area contributed by atoms with E-state index in [2.05, 4.69) is 24.2 Å². The van der Waals surface area contributed by atoms with Crippen molar-refractivity contribution in [3.8, 4) is 0 Å². The van der Waals surface area contributed by atoms with Gasteiger partial charge < -0.3 is 16.0 Å². The van der Waals surface area contributed by atoms with E-state index in [-0.39, 0.29) is 0 Å². The minimum atomic E-state index is 0.689. The van der Waals surface area contributed by atoms with Crippen LogP contribution in [0.5, 0.6) is 0 Å². The maximum Gasteiger partial charge on any atom is 0.0110 e. The first kappa shape index (κ1) is 13.3. The van der Waals surface area contributed by atoms with Crippen LogP contribution in [0.15, 0.2) is 0 Å². The molecule has 0 amide bonds. The molecule has 3 heteroatoms. The average molecular weight is 239 g/mol. The summed E-state index contributed by atoms with van der Waals surface area (Å²) in [5, 5.41) is 3.90. The van der Waals surface area contributed by atoms with Crippen molar-refractivity contribution in [2.24, 2.45) is 11.7 Å². The first-order chi connectivity index (χ1) is 8.20. The fourth-order valence-corrected chi connectivity index (χ4v) is 3.45. The molecule has 1 heterocycles. The first-order valence-corrected chi connectivity index (χ1v) is 7.37. The summed E-state index contributed by atoms with van der Waals surface area (Å²) >= 11 is 0. The molecule has 17 heavy (non-hydrogen) atoms. The molecule has 2 fully saturated rings. The molecular weight excluding hydrogens is 210 g/mol. The van der Waals surface area contributed by atoms with Crippen LogP contribution in [0.3, 0.4) is 0 Å². The van der Waals surface area contributed by atoms with Gasteiger partial charge in [-0.25, -0.2) is 0 Å². The van der Waals surface area contributed by atoms with E-state index in [1.807, 2.05) is 0 Å². The fraction of sp³-hybridized carbons (Fsp3) is 1.00. The highest BCUT2D eigenvalue weighted by Crippen LogP contribution is 2.25. The van der Waals surface area contributed by atoms with Crippen molar-refractivity contribution in [2.75, 3.05) is 20.1 Å². The van der Waals surface area contributed by atoms with Crippen LogP contribution in [0.4, 0.5) is 0 Å². The van der Waals surface area contributed by atoms with Crippen LogP contribution in [0.25, 0.3) is 0 Å². The van der Waals surface area contributed by atoms with Gasteiger partial charge in [-0.15, -0.1) is 0 Å². The van der Waals surface area contributed by atoms with Crippen LogP contribution >= 0.6 is 0 Å². The van der Waals surface area contributed by atoms with Gasteiger partial charge in [0.1, 0.15) is 0 Å². The number of nitrogens with one attached hydrogen (secondary N) is 1. The van der Waals surface area contributed by atoms with Gasteiger partial charge in [-0.05, 0) is 58.7 Å². The third-order valence-electron chi connectivity index (χ3n) is 4.87. The SMILES string of the molecule is CC1CC(NC2CCCCC2CN)CCN1C. The summed E-state index contributed by atoms with van der Waals surface area (Å²) < 4.78 is 0. The molecule has 0 radical (unpaired) electrons. The minimum Gasteiger partial charge on any atom is -0.330 e. The molecule has 4 atom stereocenters. The van der Waals surface area contributed by atoms with Crippen molar-refractivity contribution in [1.82, 2.24) is 10.2 Å². The Morgan fingerprint density at radius 3 is 2.71 bits per heavy atom. The van der Waals surface area contributed by atoms with E-state index in [4.69, 9.17) is 5.73 Å². The standard InChI is InChI=1S/C14H29N3/c1-11-9-13(7-8-17(11)2)16-14-6-4-3-5-12(14)10-15/h11-14,16H,3-10,15H2,1-2H3. The molecule has 2 aliphatic rings. The van der Waals surface area contributed by atoms with E-state index in [1.165, 1.54) is 45.1 Å². The molecule has 0 aromatic heterocycles. The zero-order chi connectivity index (χ0) is 12.3.